The van der Waals surface area contributed by atoms with Gasteiger partial charge in [-0.2, -0.15) is 0 Å². The van der Waals surface area contributed by atoms with Crippen LogP contribution in [-0.4, -0.2) is 12.6 Å². The van der Waals surface area contributed by atoms with E-state index in [4.69, 9.17) is 6.42 Å². The molecule has 0 bridgehead atoms. The van der Waals surface area contributed by atoms with Gasteiger partial charge in [-0.1, -0.05) is 45.4 Å². The topological polar surface area (TPSA) is 12.0 Å². The molecule has 15 heavy (non-hydrogen) atoms. The monoisotopic (exact) mass is 209 g/mol. The summed E-state index contributed by atoms with van der Waals surface area (Å²) in [7, 11) is 0. The third-order valence-corrected chi connectivity index (χ3v) is 2.70. The number of hydrogen-bond acceptors (Lipinski definition) is 1. The predicted octanol–water partition coefficient (Wildman–Crippen LogP) is 3.74. The number of terminal acetylenes is 1. The number of hydrogen-bond donors (Lipinski definition) is 1. The molecule has 0 rings (SSSR count). The molecule has 88 valence electrons. The molecule has 0 aliphatic heterocycles. The van der Waals surface area contributed by atoms with Gasteiger partial charge in [0.25, 0.3) is 0 Å². The van der Waals surface area contributed by atoms with Crippen LogP contribution in [0.5, 0.6) is 0 Å². The van der Waals surface area contributed by atoms with E-state index in [2.05, 4.69) is 25.1 Å². The van der Waals surface area contributed by atoms with E-state index in [1.165, 1.54) is 44.9 Å². The second-order valence-electron chi connectivity index (χ2n) is 4.38. The molecule has 0 saturated heterocycles. The minimum atomic E-state index is 0.482. The fourth-order valence-electron chi connectivity index (χ4n) is 1.68. The van der Waals surface area contributed by atoms with Gasteiger partial charge in [-0.3, -0.25) is 0 Å². The van der Waals surface area contributed by atoms with Crippen molar-refractivity contribution in [2.75, 3.05) is 6.54 Å². The molecule has 0 aromatic carbocycles. The molecule has 0 spiro atoms. The van der Waals surface area contributed by atoms with Crippen LogP contribution in [0.4, 0.5) is 0 Å². The summed E-state index contributed by atoms with van der Waals surface area (Å²) in [6.45, 7) is 5.54. The van der Waals surface area contributed by atoms with Crippen molar-refractivity contribution in [3.63, 3.8) is 0 Å². The Bertz CT molecular complexity index is 157. The Hall–Kier alpha value is -0.480. The molecule has 0 saturated carbocycles. The number of rotatable bonds is 10. The Morgan fingerprint density at radius 1 is 1.07 bits per heavy atom. The van der Waals surface area contributed by atoms with Crippen LogP contribution < -0.4 is 5.32 Å². The minimum Gasteiger partial charge on any atom is -0.313 e. The molecule has 1 N–H and O–H groups in total. The maximum absolute atomic E-state index is 5.24. The van der Waals surface area contributed by atoms with Gasteiger partial charge in [0.2, 0.25) is 0 Å². The van der Waals surface area contributed by atoms with Crippen LogP contribution in [-0.2, 0) is 0 Å². The van der Waals surface area contributed by atoms with E-state index in [1.807, 2.05) is 0 Å². The lowest BCUT2D eigenvalue weighted by atomic mass is 10.1. The summed E-state index contributed by atoms with van der Waals surface area (Å²) in [5, 5.41) is 3.44. The lowest BCUT2D eigenvalue weighted by Crippen LogP contribution is -2.26. The Balaban J connectivity index is 3.02. The number of unbranched alkanes of at least 4 members (excludes halogenated alkanes) is 6. The van der Waals surface area contributed by atoms with Crippen LogP contribution in [0.3, 0.4) is 0 Å². The summed E-state index contributed by atoms with van der Waals surface area (Å²) < 4.78 is 0. The first-order chi connectivity index (χ1) is 7.31. The van der Waals surface area contributed by atoms with Crippen molar-refractivity contribution < 1.29 is 0 Å². The SMILES string of the molecule is C#CCC(C)NCCCCCCCCC. The van der Waals surface area contributed by atoms with E-state index in [1.54, 1.807) is 0 Å². The van der Waals surface area contributed by atoms with Crippen molar-refractivity contribution in [3.05, 3.63) is 0 Å². The van der Waals surface area contributed by atoms with Crippen molar-refractivity contribution in [2.45, 2.75) is 71.3 Å². The summed E-state index contributed by atoms with van der Waals surface area (Å²) in [6.07, 6.45) is 15.7. The zero-order chi connectivity index (χ0) is 11.4. The van der Waals surface area contributed by atoms with Crippen LogP contribution in [0.25, 0.3) is 0 Å². The third-order valence-electron chi connectivity index (χ3n) is 2.70. The van der Waals surface area contributed by atoms with Crippen molar-refractivity contribution in [3.8, 4) is 12.3 Å². The van der Waals surface area contributed by atoms with Gasteiger partial charge in [-0.15, -0.1) is 12.3 Å². The van der Waals surface area contributed by atoms with Gasteiger partial charge in [0.15, 0.2) is 0 Å². The molecule has 0 radical (unpaired) electrons. The molecule has 1 nitrogen and oxygen atoms in total. The van der Waals surface area contributed by atoms with Crippen LogP contribution in [0.1, 0.15) is 65.2 Å². The van der Waals surface area contributed by atoms with Gasteiger partial charge in [0.1, 0.15) is 0 Å². The van der Waals surface area contributed by atoms with Crippen molar-refractivity contribution in [2.24, 2.45) is 0 Å². The smallest absolute Gasteiger partial charge is 0.0238 e. The molecular formula is C14H27N. The van der Waals surface area contributed by atoms with E-state index in [-0.39, 0.29) is 0 Å². The van der Waals surface area contributed by atoms with E-state index in [0.717, 1.165) is 13.0 Å². The highest BCUT2D eigenvalue weighted by Crippen LogP contribution is 2.06. The van der Waals surface area contributed by atoms with Crippen LogP contribution >= 0.6 is 0 Å². The van der Waals surface area contributed by atoms with Gasteiger partial charge in [0, 0.05) is 12.5 Å². The highest BCUT2D eigenvalue weighted by atomic mass is 14.9. The normalized spacial score (nSPS) is 12.3. The average molecular weight is 209 g/mol. The quantitative estimate of drug-likeness (QED) is 0.427. The summed E-state index contributed by atoms with van der Waals surface area (Å²) in [5.74, 6) is 2.68. The Labute approximate surface area is 96.0 Å². The maximum atomic E-state index is 5.24. The van der Waals surface area contributed by atoms with Crippen molar-refractivity contribution in [1.29, 1.82) is 0 Å². The Kier molecular flexibility index (Phi) is 11.2. The largest absolute Gasteiger partial charge is 0.313 e. The fourth-order valence-corrected chi connectivity index (χ4v) is 1.68. The zero-order valence-electron chi connectivity index (χ0n) is 10.5. The van der Waals surface area contributed by atoms with Crippen LogP contribution in [0.2, 0.25) is 0 Å². The second kappa shape index (κ2) is 11.6. The molecule has 0 amide bonds. The second-order valence-corrected chi connectivity index (χ2v) is 4.38. The molecule has 0 aliphatic carbocycles. The highest BCUT2D eigenvalue weighted by Gasteiger charge is 1.97. The van der Waals surface area contributed by atoms with Crippen LogP contribution in [0.15, 0.2) is 0 Å². The summed E-state index contributed by atoms with van der Waals surface area (Å²) in [5.41, 5.74) is 0. The molecule has 0 fully saturated rings. The van der Waals surface area contributed by atoms with Crippen molar-refractivity contribution in [1.82, 2.24) is 5.32 Å². The first-order valence-electron chi connectivity index (χ1n) is 6.48. The van der Waals surface area contributed by atoms with E-state index in [0.29, 0.717) is 6.04 Å². The summed E-state index contributed by atoms with van der Waals surface area (Å²) in [4.78, 5) is 0. The molecule has 1 unspecified atom stereocenters. The Morgan fingerprint density at radius 2 is 1.67 bits per heavy atom. The predicted molar refractivity (Wildman–Crippen MR) is 68.9 cm³/mol. The maximum Gasteiger partial charge on any atom is 0.0238 e. The molecule has 0 heterocycles. The molecule has 1 atom stereocenters. The van der Waals surface area contributed by atoms with E-state index < -0.39 is 0 Å². The molecule has 0 aromatic heterocycles. The van der Waals surface area contributed by atoms with Gasteiger partial charge in [-0.05, 0) is 19.9 Å². The average Bonchev–Trinajstić information content (AvgIpc) is 2.22. The zero-order valence-corrected chi connectivity index (χ0v) is 10.5. The minimum absolute atomic E-state index is 0.482. The first-order valence-corrected chi connectivity index (χ1v) is 6.48. The third kappa shape index (κ3) is 11.4. The van der Waals surface area contributed by atoms with Gasteiger partial charge in [0.05, 0.1) is 0 Å². The van der Waals surface area contributed by atoms with E-state index in [9.17, 15) is 0 Å². The first kappa shape index (κ1) is 14.5. The molecule has 0 aliphatic rings. The summed E-state index contributed by atoms with van der Waals surface area (Å²) in [6, 6.07) is 0.482. The standard InChI is InChI=1S/C14H27N/c1-4-6-7-8-9-10-11-13-15-14(3)12-5-2/h2,14-15H,4,6-13H2,1,3H3. The molecular weight excluding hydrogens is 182 g/mol. The number of nitrogens with one attached hydrogen (secondary N) is 1. The van der Waals surface area contributed by atoms with Gasteiger partial charge >= 0.3 is 0 Å². The summed E-state index contributed by atoms with van der Waals surface area (Å²) >= 11 is 0. The van der Waals surface area contributed by atoms with Crippen molar-refractivity contribution >= 4 is 0 Å². The lowest BCUT2D eigenvalue weighted by molar-refractivity contribution is 0.517. The molecule has 1 heteroatoms. The van der Waals surface area contributed by atoms with Gasteiger partial charge < -0.3 is 5.32 Å². The van der Waals surface area contributed by atoms with E-state index >= 15 is 0 Å². The van der Waals surface area contributed by atoms with Crippen LogP contribution in [0, 0.1) is 12.3 Å². The lowest BCUT2D eigenvalue weighted by Gasteiger charge is -2.10. The highest BCUT2D eigenvalue weighted by molar-refractivity contribution is 4.87. The van der Waals surface area contributed by atoms with Gasteiger partial charge in [-0.25, -0.2) is 0 Å². The Morgan fingerprint density at radius 3 is 2.27 bits per heavy atom. The molecule has 0 aromatic rings. The fraction of sp³-hybridized carbons (Fsp3) is 0.857.